The molecule has 5 nitrogen and oxygen atoms in total. The zero-order valence-electron chi connectivity index (χ0n) is 14.6. The minimum absolute atomic E-state index is 0.111. The average Bonchev–Trinajstić information content (AvgIpc) is 2.61. The monoisotopic (exact) mass is 342 g/mol. The Hall–Kier alpha value is -2.95. The van der Waals surface area contributed by atoms with Crippen LogP contribution >= 0.6 is 0 Å². The van der Waals surface area contributed by atoms with Crippen LogP contribution < -0.4 is 14.2 Å². The molecule has 0 unspecified atom stereocenters. The number of carbonyl (C=O) groups excluding carboxylic acids is 1. The van der Waals surface area contributed by atoms with Crippen molar-refractivity contribution in [1.29, 1.82) is 0 Å². The molecule has 132 valence electrons. The Morgan fingerprint density at radius 1 is 1.04 bits per heavy atom. The highest BCUT2D eigenvalue weighted by molar-refractivity contribution is 6.08. The van der Waals surface area contributed by atoms with E-state index in [0.29, 0.717) is 41.6 Å². The number of benzene rings is 2. The van der Waals surface area contributed by atoms with Crippen molar-refractivity contribution in [3.63, 3.8) is 0 Å². The molecule has 0 aliphatic heterocycles. The predicted octanol–water partition coefficient (Wildman–Crippen LogP) is 4.09. The first-order chi connectivity index (χ1) is 12.1. The summed E-state index contributed by atoms with van der Waals surface area (Å²) in [6.45, 7) is 4.75. The van der Waals surface area contributed by atoms with Gasteiger partial charge < -0.3 is 19.3 Å². The molecule has 2 rings (SSSR count). The zero-order chi connectivity index (χ0) is 18.2. The molecule has 1 N–H and O–H groups in total. The van der Waals surface area contributed by atoms with Crippen molar-refractivity contribution in [2.24, 2.45) is 0 Å². The summed E-state index contributed by atoms with van der Waals surface area (Å²) in [6, 6.07) is 9.86. The van der Waals surface area contributed by atoms with E-state index in [1.165, 1.54) is 19.3 Å². The molecule has 2 aromatic rings. The van der Waals surface area contributed by atoms with Gasteiger partial charge in [0.05, 0.1) is 25.9 Å². The number of allylic oxidation sites excluding steroid dienone is 1. The van der Waals surface area contributed by atoms with Gasteiger partial charge in [-0.15, -0.1) is 0 Å². The third kappa shape index (κ3) is 4.76. The summed E-state index contributed by atoms with van der Waals surface area (Å²) in [5.41, 5.74) is 1.15. The quantitative estimate of drug-likeness (QED) is 0.578. The molecule has 25 heavy (non-hydrogen) atoms. The van der Waals surface area contributed by atoms with E-state index in [1.54, 1.807) is 36.4 Å². The number of aromatic hydroxyl groups is 1. The van der Waals surface area contributed by atoms with E-state index in [2.05, 4.69) is 0 Å². The van der Waals surface area contributed by atoms with Crippen molar-refractivity contribution >= 4 is 11.9 Å². The number of hydrogen-bond acceptors (Lipinski definition) is 5. The number of carbonyl (C=O) groups is 1. The maximum atomic E-state index is 12.5. The first-order valence-corrected chi connectivity index (χ1v) is 8.08. The van der Waals surface area contributed by atoms with Crippen LogP contribution in [0, 0.1) is 0 Å². The number of hydrogen-bond donors (Lipinski definition) is 1. The fourth-order valence-electron chi connectivity index (χ4n) is 2.33. The lowest BCUT2D eigenvalue weighted by Crippen LogP contribution is -2.00. The molecule has 0 heterocycles. The van der Waals surface area contributed by atoms with Gasteiger partial charge in [-0.2, -0.15) is 0 Å². The van der Waals surface area contributed by atoms with Gasteiger partial charge in [-0.3, -0.25) is 4.79 Å². The van der Waals surface area contributed by atoms with Gasteiger partial charge in [0.2, 0.25) is 0 Å². The van der Waals surface area contributed by atoms with Gasteiger partial charge >= 0.3 is 0 Å². The Labute approximate surface area is 147 Å². The van der Waals surface area contributed by atoms with Crippen LogP contribution in [0.4, 0.5) is 0 Å². The summed E-state index contributed by atoms with van der Waals surface area (Å²) in [6.07, 6.45) is 3.11. The molecular formula is C20H22O5. The summed E-state index contributed by atoms with van der Waals surface area (Å²) in [5.74, 6) is 1.54. The smallest absolute Gasteiger partial charge is 0.189 e. The third-order valence-corrected chi connectivity index (χ3v) is 3.46. The number of phenolic OH excluding ortho intramolecular Hbond substituents is 1. The Balaban J connectivity index is 2.26. The molecule has 0 amide bonds. The molecule has 0 radical (unpaired) electrons. The third-order valence-electron chi connectivity index (χ3n) is 3.46. The lowest BCUT2D eigenvalue weighted by Gasteiger charge is -2.09. The second-order valence-electron chi connectivity index (χ2n) is 5.15. The van der Waals surface area contributed by atoms with Crippen molar-refractivity contribution in [1.82, 2.24) is 0 Å². The number of phenols is 1. The lowest BCUT2D eigenvalue weighted by molar-refractivity contribution is 0.104. The van der Waals surface area contributed by atoms with E-state index in [0.717, 1.165) is 0 Å². The zero-order valence-corrected chi connectivity index (χ0v) is 14.6. The summed E-state index contributed by atoms with van der Waals surface area (Å²) < 4.78 is 16.2. The molecule has 5 heteroatoms. The fourth-order valence-corrected chi connectivity index (χ4v) is 2.33. The maximum Gasteiger partial charge on any atom is 0.189 e. The van der Waals surface area contributed by atoms with Gasteiger partial charge in [-0.25, -0.2) is 0 Å². The van der Waals surface area contributed by atoms with Crippen LogP contribution in [0.5, 0.6) is 23.0 Å². The van der Waals surface area contributed by atoms with Gasteiger partial charge in [0.1, 0.15) is 23.0 Å². The van der Waals surface area contributed by atoms with Crippen molar-refractivity contribution in [2.45, 2.75) is 13.8 Å². The molecule has 0 atom stereocenters. The molecule has 0 saturated carbocycles. The highest BCUT2D eigenvalue weighted by Crippen LogP contribution is 2.28. The second-order valence-corrected chi connectivity index (χ2v) is 5.15. The average molecular weight is 342 g/mol. The van der Waals surface area contributed by atoms with Crippen molar-refractivity contribution in [3.8, 4) is 23.0 Å². The summed E-state index contributed by atoms with van der Waals surface area (Å²) in [4.78, 5) is 12.5. The Bertz CT molecular complexity index is 765. The van der Waals surface area contributed by atoms with Crippen LogP contribution in [0.1, 0.15) is 29.8 Å². The molecule has 0 aliphatic rings. The lowest BCUT2D eigenvalue weighted by atomic mass is 10.1. The van der Waals surface area contributed by atoms with Gasteiger partial charge in [0.25, 0.3) is 0 Å². The van der Waals surface area contributed by atoms with Gasteiger partial charge in [0, 0.05) is 17.7 Å². The van der Waals surface area contributed by atoms with Gasteiger partial charge in [-0.1, -0.05) is 0 Å². The standard InChI is InChI=1S/C20H22O5/c1-4-24-16-9-10-17(20(13-16)23-3)18(22)11-7-14-6-8-15(21)12-19(14)25-5-2/h6-13,21H,4-5H2,1-3H3. The number of rotatable bonds is 8. The topological polar surface area (TPSA) is 65.0 Å². The van der Waals surface area contributed by atoms with Crippen LogP contribution in [-0.2, 0) is 0 Å². The molecule has 0 fully saturated rings. The van der Waals surface area contributed by atoms with E-state index in [4.69, 9.17) is 14.2 Å². The minimum Gasteiger partial charge on any atom is -0.508 e. The molecular weight excluding hydrogens is 320 g/mol. The van der Waals surface area contributed by atoms with Gasteiger partial charge in [-0.05, 0) is 50.3 Å². The predicted molar refractivity (Wildman–Crippen MR) is 96.8 cm³/mol. The Morgan fingerprint density at radius 3 is 2.48 bits per heavy atom. The fraction of sp³-hybridized carbons (Fsp3) is 0.250. The van der Waals surface area contributed by atoms with E-state index < -0.39 is 0 Å². The normalized spacial score (nSPS) is 10.7. The first-order valence-electron chi connectivity index (χ1n) is 8.08. The van der Waals surface area contributed by atoms with E-state index in [-0.39, 0.29) is 11.5 Å². The van der Waals surface area contributed by atoms with Crippen molar-refractivity contribution in [3.05, 3.63) is 53.6 Å². The number of ether oxygens (including phenoxy) is 3. The molecule has 0 aliphatic carbocycles. The Morgan fingerprint density at radius 2 is 1.80 bits per heavy atom. The molecule has 2 aromatic carbocycles. The summed E-state index contributed by atoms with van der Waals surface area (Å²) in [7, 11) is 1.51. The number of methoxy groups -OCH3 is 1. The van der Waals surface area contributed by atoms with E-state index in [9.17, 15) is 9.90 Å². The van der Waals surface area contributed by atoms with Crippen LogP contribution in [0.25, 0.3) is 6.08 Å². The van der Waals surface area contributed by atoms with E-state index >= 15 is 0 Å². The molecule has 0 spiro atoms. The summed E-state index contributed by atoms with van der Waals surface area (Å²) >= 11 is 0. The van der Waals surface area contributed by atoms with Crippen molar-refractivity contribution < 1.29 is 24.1 Å². The van der Waals surface area contributed by atoms with Crippen LogP contribution in [0.3, 0.4) is 0 Å². The highest BCUT2D eigenvalue weighted by Gasteiger charge is 2.11. The maximum absolute atomic E-state index is 12.5. The molecule has 0 saturated heterocycles. The van der Waals surface area contributed by atoms with E-state index in [1.807, 2.05) is 13.8 Å². The van der Waals surface area contributed by atoms with Gasteiger partial charge in [0.15, 0.2) is 5.78 Å². The summed E-state index contributed by atoms with van der Waals surface area (Å²) in [5, 5.41) is 9.56. The van der Waals surface area contributed by atoms with Crippen LogP contribution in [-0.4, -0.2) is 31.2 Å². The minimum atomic E-state index is -0.199. The second kappa shape index (κ2) is 8.78. The van der Waals surface area contributed by atoms with Crippen molar-refractivity contribution in [2.75, 3.05) is 20.3 Å². The first kappa shape index (κ1) is 18.4. The largest absolute Gasteiger partial charge is 0.508 e. The SMILES string of the molecule is CCOc1ccc(C(=O)C=Cc2ccc(O)cc2OCC)c(OC)c1. The Kier molecular flexibility index (Phi) is 6.46. The van der Waals surface area contributed by atoms with Crippen LogP contribution in [0.15, 0.2) is 42.5 Å². The molecule has 0 aromatic heterocycles. The molecule has 0 bridgehead atoms. The van der Waals surface area contributed by atoms with Crippen LogP contribution in [0.2, 0.25) is 0 Å². The highest BCUT2D eigenvalue weighted by atomic mass is 16.5. The number of ketones is 1.